The molecule has 1 amide bonds. The fraction of sp³-hybridized carbons (Fsp3) is 0.500. The number of aliphatic hydroxyl groups is 1. The van der Waals surface area contributed by atoms with E-state index in [0.717, 1.165) is 25.9 Å². The second-order valence-corrected chi connectivity index (χ2v) is 5.62. The normalized spacial score (nSPS) is 19.8. The van der Waals surface area contributed by atoms with Crippen molar-refractivity contribution in [3.05, 3.63) is 23.2 Å². The molecule has 1 aromatic rings. The lowest BCUT2D eigenvalue weighted by Crippen LogP contribution is -2.41. The zero-order valence-electron chi connectivity index (χ0n) is 11.3. The van der Waals surface area contributed by atoms with Crippen LogP contribution in [0.15, 0.2) is 18.2 Å². The molecule has 110 valence electrons. The number of nitrogen functional groups attached to an aromatic ring is 1. The third kappa shape index (κ3) is 4.10. The first kappa shape index (κ1) is 15.1. The largest absolute Gasteiger partial charge is 0.399 e. The molecule has 0 aromatic heterocycles. The van der Waals surface area contributed by atoms with E-state index in [-0.39, 0.29) is 18.4 Å². The number of hydrogen-bond donors (Lipinski definition) is 3. The molecule has 1 heterocycles. The Labute approximate surface area is 123 Å². The Morgan fingerprint density at radius 3 is 3.10 bits per heavy atom. The SMILES string of the molecule is Nc1ccc(Cl)c(NC(=O)CN2CCCC(CO)C2)c1. The van der Waals surface area contributed by atoms with E-state index in [1.807, 2.05) is 0 Å². The number of carbonyl (C=O) groups excluding carboxylic acids is 1. The minimum atomic E-state index is -0.115. The van der Waals surface area contributed by atoms with Crippen molar-refractivity contribution in [1.29, 1.82) is 0 Å². The standard InChI is InChI=1S/C14H20ClN3O2/c15-12-4-3-11(16)6-13(12)17-14(20)8-18-5-1-2-10(7-18)9-19/h3-4,6,10,19H,1-2,5,7-9,16H2,(H,17,20). The molecule has 1 aliphatic rings. The summed E-state index contributed by atoms with van der Waals surface area (Å²) < 4.78 is 0. The van der Waals surface area contributed by atoms with Crippen molar-refractivity contribution in [3.63, 3.8) is 0 Å². The van der Waals surface area contributed by atoms with E-state index in [1.165, 1.54) is 0 Å². The van der Waals surface area contributed by atoms with Crippen LogP contribution in [0, 0.1) is 5.92 Å². The molecule has 0 radical (unpaired) electrons. The highest BCUT2D eigenvalue weighted by Gasteiger charge is 2.21. The maximum absolute atomic E-state index is 12.0. The van der Waals surface area contributed by atoms with Gasteiger partial charge in [0.05, 0.1) is 17.3 Å². The van der Waals surface area contributed by atoms with Crippen LogP contribution in [0.4, 0.5) is 11.4 Å². The number of nitrogens with two attached hydrogens (primary N) is 1. The second kappa shape index (κ2) is 6.92. The number of carbonyl (C=O) groups is 1. The molecule has 1 atom stereocenters. The molecule has 2 rings (SSSR count). The highest BCUT2D eigenvalue weighted by atomic mass is 35.5. The number of halogens is 1. The first-order valence-electron chi connectivity index (χ1n) is 6.76. The summed E-state index contributed by atoms with van der Waals surface area (Å²) in [6.07, 6.45) is 2.03. The average Bonchev–Trinajstić information content (AvgIpc) is 2.43. The summed E-state index contributed by atoms with van der Waals surface area (Å²) in [4.78, 5) is 14.1. The maximum atomic E-state index is 12.0. The van der Waals surface area contributed by atoms with Crippen LogP contribution < -0.4 is 11.1 Å². The Bertz CT molecular complexity index is 481. The van der Waals surface area contributed by atoms with Gasteiger partial charge in [-0.3, -0.25) is 9.69 Å². The van der Waals surface area contributed by atoms with Gasteiger partial charge >= 0.3 is 0 Å². The molecule has 5 nitrogen and oxygen atoms in total. The van der Waals surface area contributed by atoms with Crippen LogP contribution in [0.2, 0.25) is 5.02 Å². The molecule has 0 saturated carbocycles. The molecule has 0 bridgehead atoms. The minimum absolute atomic E-state index is 0.115. The first-order valence-corrected chi connectivity index (χ1v) is 7.14. The van der Waals surface area contributed by atoms with Gasteiger partial charge in [0.15, 0.2) is 0 Å². The van der Waals surface area contributed by atoms with E-state index >= 15 is 0 Å². The molecule has 6 heteroatoms. The van der Waals surface area contributed by atoms with Crippen LogP contribution in [0.1, 0.15) is 12.8 Å². The predicted molar refractivity (Wildman–Crippen MR) is 80.7 cm³/mol. The molecular weight excluding hydrogens is 278 g/mol. The highest BCUT2D eigenvalue weighted by Crippen LogP contribution is 2.24. The summed E-state index contributed by atoms with van der Waals surface area (Å²) in [7, 11) is 0. The smallest absolute Gasteiger partial charge is 0.238 e. The van der Waals surface area contributed by atoms with E-state index in [2.05, 4.69) is 10.2 Å². The molecule has 0 spiro atoms. The van der Waals surface area contributed by atoms with E-state index in [0.29, 0.717) is 22.9 Å². The summed E-state index contributed by atoms with van der Waals surface area (Å²) in [5.74, 6) is 0.156. The Morgan fingerprint density at radius 2 is 2.35 bits per heavy atom. The van der Waals surface area contributed by atoms with Crippen LogP contribution in [0.25, 0.3) is 0 Å². The molecule has 1 unspecified atom stereocenters. The highest BCUT2D eigenvalue weighted by molar-refractivity contribution is 6.33. The number of nitrogens with zero attached hydrogens (tertiary/aromatic N) is 1. The predicted octanol–water partition coefficient (Wildman–Crippen LogP) is 1.56. The summed E-state index contributed by atoms with van der Waals surface area (Å²) in [5, 5.41) is 12.4. The fourth-order valence-electron chi connectivity index (χ4n) is 2.48. The topological polar surface area (TPSA) is 78.6 Å². The summed E-state index contributed by atoms with van der Waals surface area (Å²) >= 11 is 6.01. The number of nitrogens with one attached hydrogen (secondary N) is 1. The van der Waals surface area contributed by atoms with Crippen LogP contribution >= 0.6 is 11.6 Å². The summed E-state index contributed by atoms with van der Waals surface area (Å²) in [5.41, 5.74) is 6.77. The first-order chi connectivity index (χ1) is 9.58. The maximum Gasteiger partial charge on any atom is 0.238 e. The van der Waals surface area contributed by atoms with Gasteiger partial charge < -0.3 is 16.2 Å². The average molecular weight is 298 g/mol. The van der Waals surface area contributed by atoms with Crippen molar-refractivity contribution >= 4 is 28.9 Å². The summed E-state index contributed by atoms with van der Waals surface area (Å²) in [6.45, 7) is 2.13. The lowest BCUT2D eigenvalue weighted by Gasteiger charge is -2.31. The third-order valence-corrected chi connectivity index (χ3v) is 3.82. The Kier molecular flexibility index (Phi) is 5.23. The van der Waals surface area contributed by atoms with Crippen molar-refractivity contribution in [2.24, 2.45) is 5.92 Å². The van der Waals surface area contributed by atoms with E-state index < -0.39 is 0 Å². The van der Waals surface area contributed by atoms with Crippen molar-refractivity contribution in [2.45, 2.75) is 12.8 Å². The van der Waals surface area contributed by atoms with Crippen molar-refractivity contribution in [3.8, 4) is 0 Å². The van der Waals surface area contributed by atoms with Crippen LogP contribution in [0.3, 0.4) is 0 Å². The van der Waals surface area contributed by atoms with Gasteiger partial charge in [-0.05, 0) is 43.5 Å². The zero-order chi connectivity index (χ0) is 14.5. The number of anilines is 2. The van der Waals surface area contributed by atoms with Gasteiger partial charge in [-0.1, -0.05) is 11.6 Å². The number of piperidine rings is 1. The summed E-state index contributed by atoms with van der Waals surface area (Å²) in [6, 6.07) is 5.00. The third-order valence-electron chi connectivity index (χ3n) is 3.49. The lowest BCUT2D eigenvalue weighted by atomic mass is 9.99. The van der Waals surface area contributed by atoms with Gasteiger partial charge in [-0.15, -0.1) is 0 Å². The van der Waals surface area contributed by atoms with Crippen LogP contribution in [-0.2, 0) is 4.79 Å². The van der Waals surface area contributed by atoms with Gasteiger partial charge in [0.1, 0.15) is 0 Å². The Morgan fingerprint density at radius 1 is 1.55 bits per heavy atom. The second-order valence-electron chi connectivity index (χ2n) is 5.21. The number of rotatable bonds is 4. The van der Waals surface area contributed by atoms with E-state index in [1.54, 1.807) is 18.2 Å². The Balaban J connectivity index is 1.90. The molecule has 1 fully saturated rings. The molecule has 0 aliphatic carbocycles. The Hall–Kier alpha value is -1.30. The van der Waals surface area contributed by atoms with Crippen molar-refractivity contribution in [2.75, 3.05) is 37.3 Å². The van der Waals surface area contributed by atoms with Crippen molar-refractivity contribution in [1.82, 2.24) is 4.90 Å². The van der Waals surface area contributed by atoms with Gasteiger partial charge in [-0.25, -0.2) is 0 Å². The molecule has 1 saturated heterocycles. The molecule has 4 N–H and O–H groups in total. The minimum Gasteiger partial charge on any atom is -0.399 e. The lowest BCUT2D eigenvalue weighted by molar-refractivity contribution is -0.117. The monoisotopic (exact) mass is 297 g/mol. The molecule has 1 aromatic carbocycles. The number of hydrogen-bond acceptors (Lipinski definition) is 4. The van der Waals surface area contributed by atoms with Gasteiger partial charge in [0.2, 0.25) is 5.91 Å². The van der Waals surface area contributed by atoms with Gasteiger partial charge in [0, 0.05) is 18.8 Å². The number of amides is 1. The fourth-order valence-corrected chi connectivity index (χ4v) is 2.64. The quantitative estimate of drug-likeness (QED) is 0.737. The van der Waals surface area contributed by atoms with E-state index in [9.17, 15) is 9.90 Å². The molecule has 20 heavy (non-hydrogen) atoms. The van der Waals surface area contributed by atoms with Crippen molar-refractivity contribution < 1.29 is 9.90 Å². The van der Waals surface area contributed by atoms with Crippen LogP contribution in [-0.4, -0.2) is 42.2 Å². The molecular formula is C14H20ClN3O2. The zero-order valence-corrected chi connectivity index (χ0v) is 12.1. The van der Waals surface area contributed by atoms with Crippen LogP contribution in [0.5, 0.6) is 0 Å². The molecule has 1 aliphatic heterocycles. The van der Waals surface area contributed by atoms with Gasteiger partial charge in [0.25, 0.3) is 0 Å². The van der Waals surface area contributed by atoms with E-state index in [4.69, 9.17) is 17.3 Å². The number of benzene rings is 1. The van der Waals surface area contributed by atoms with Gasteiger partial charge in [-0.2, -0.15) is 0 Å². The number of aliphatic hydroxyl groups excluding tert-OH is 1. The number of likely N-dealkylation sites (tertiary alicyclic amines) is 1.